The molecule has 1 aliphatic carbocycles. The number of fused-ring (bicyclic) bond motifs is 4. The van der Waals surface area contributed by atoms with Crippen molar-refractivity contribution in [2.75, 3.05) is 7.11 Å². The van der Waals surface area contributed by atoms with Gasteiger partial charge in [-0.25, -0.2) is 4.79 Å². The lowest BCUT2D eigenvalue weighted by atomic mass is 9.77. The number of epoxide rings is 1. The van der Waals surface area contributed by atoms with Crippen LogP contribution in [0, 0.1) is 47.3 Å². The molecule has 2 bridgehead atoms. The largest absolute Gasteiger partial charge is 0.459 e. The number of hydrogen-bond acceptors (Lipinski definition) is 26. The highest BCUT2D eigenvalue weighted by atomic mass is 32.2. The third kappa shape index (κ3) is 22.0. The fourth-order valence-electron chi connectivity index (χ4n) is 14.8. The minimum Gasteiger partial charge on any atom is -0.459 e. The quantitative estimate of drug-likeness (QED) is 0.0674. The summed E-state index contributed by atoms with van der Waals surface area (Å²) in [6.07, 6.45) is -19.4. The van der Waals surface area contributed by atoms with E-state index in [1.807, 2.05) is 13.8 Å². The van der Waals surface area contributed by atoms with Gasteiger partial charge in [-0.3, -0.25) is 23.7 Å². The molecule has 1 aromatic rings. The molecule has 570 valence electrons. The highest BCUT2D eigenvalue weighted by molar-refractivity contribution is 7.86. The van der Waals surface area contributed by atoms with Crippen molar-refractivity contribution in [1.29, 1.82) is 0 Å². The Morgan fingerprint density at radius 3 is 2.00 bits per heavy atom. The molecular weight excluding hydrogens is 1330 g/mol. The maximum absolute atomic E-state index is 13.9. The lowest BCUT2D eigenvalue weighted by molar-refractivity contribution is -0.287. The molecule has 3 saturated heterocycles. The monoisotopic (exact) mass is 1440 g/mol. The average molecular weight is 1440 g/mol. The molecule has 0 radical (unpaired) electrons. The molecule has 30 atom stereocenters. The van der Waals surface area contributed by atoms with Gasteiger partial charge in [0.25, 0.3) is 15.9 Å². The minimum absolute atomic E-state index is 0.0165. The van der Waals surface area contributed by atoms with Gasteiger partial charge >= 0.3 is 11.9 Å². The summed E-state index contributed by atoms with van der Waals surface area (Å²) in [5.41, 5.74) is 0.834. The van der Waals surface area contributed by atoms with Crippen LogP contribution in [0.15, 0.2) is 42.0 Å². The predicted octanol–water partition coefficient (Wildman–Crippen LogP) is 3.83. The summed E-state index contributed by atoms with van der Waals surface area (Å²) < 4.78 is 77.4. The number of hydrogen-bond donors (Lipinski definition) is 13. The first-order valence-corrected chi connectivity index (χ1v) is 37.1. The molecule has 100 heavy (non-hydrogen) atoms. The van der Waals surface area contributed by atoms with E-state index in [-0.39, 0.29) is 85.3 Å². The van der Waals surface area contributed by atoms with Crippen LogP contribution in [-0.2, 0) is 57.7 Å². The summed E-state index contributed by atoms with van der Waals surface area (Å²) in [6, 6.07) is 4.33. The molecule has 5 aliphatic rings. The number of carbonyl (C=O) groups excluding carboxylic acids is 5. The van der Waals surface area contributed by atoms with Crippen LogP contribution >= 0.6 is 0 Å². The van der Waals surface area contributed by atoms with Crippen molar-refractivity contribution in [2.24, 2.45) is 47.3 Å². The third-order valence-electron chi connectivity index (χ3n) is 21.6. The van der Waals surface area contributed by atoms with Crippen molar-refractivity contribution in [3.63, 3.8) is 0 Å². The fourth-order valence-corrected chi connectivity index (χ4v) is 15.8. The van der Waals surface area contributed by atoms with E-state index in [1.165, 1.54) is 51.3 Å². The standard InChI is InChI=1S/C72H114O27S/c1-13-55(95-59-33-56(67(93-12)43(11)94-59)96-71(88)41(9)64(85)44-23-24-50-51(27-44)54(79)26-37(5)60(50)81)38(6)62(83)39(7)63(84)40(8)65-42(10)66-68(98-66)52(77)19-15-18-45(73)28-47(75)29-48(76)30-49-32-57(100(90,91)92)69(86)72(89,99-49)70(87)61(82)36(4)21-20-34(2)16-14-17-46(74)31-53(78)35(3)22-25-58(80)97-65/h22-27,34-36,38-43,45-49,52-53,55-57,59,61-69,73-78,82-86,89H,13-21,28-33H2,1-12H3,(H,90,91,92)/t34-,35+,36-,38+,39-,40+,41-,42-,43-,45+,46-,47+,48-,49-,52+,53-,55+,56-,57+,59+,61+,62+,63+,64+,65-,66+,67-,68+,69-,72-/m1/s1. The molecule has 4 heterocycles. The van der Waals surface area contributed by atoms with E-state index in [9.17, 15) is 98.2 Å². The van der Waals surface area contributed by atoms with Crippen molar-refractivity contribution in [1.82, 2.24) is 0 Å². The number of allylic oxidation sites excluding steroid dienone is 2. The fraction of sp³-hybridized carbons (Fsp3) is 0.792. The summed E-state index contributed by atoms with van der Waals surface area (Å²) in [6.45, 7) is 18.4. The van der Waals surface area contributed by atoms with E-state index in [2.05, 4.69) is 0 Å². The number of methoxy groups -OCH3 is 1. The van der Waals surface area contributed by atoms with Crippen molar-refractivity contribution in [2.45, 2.75) is 306 Å². The maximum Gasteiger partial charge on any atom is 0.330 e. The van der Waals surface area contributed by atoms with E-state index in [1.54, 1.807) is 48.5 Å². The minimum atomic E-state index is -5.16. The molecule has 0 unspecified atom stereocenters. The summed E-state index contributed by atoms with van der Waals surface area (Å²) in [5.74, 6) is -13.0. The molecular formula is C72H114O27S. The Labute approximate surface area is 587 Å². The number of aliphatic hydroxyl groups excluding tert-OH is 11. The number of ketones is 3. The number of Topliss-reactive ketones (excluding diaryl/α,β-unsaturated/α-hetero) is 2. The molecule has 27 nitrogen and oxygen atoms in total. The lowest BCUT2D eigenvalue weighted by Crippen LogP contribution is -2.66. The summed E-state index contributed by atoms with van der Waals surface area (Å²) in [5, 5.41) is 134. The Hall–Kier alpha value is -4.12. The van der Waals surface area contributed by atoms with E-state index >= 15 is 0 Å². The summed E-state index contributed by atoms with van der Waals surface area (Å²) in [4.78, 5) is 67.0. The van der Waals surface area contributed by atoms with Gasteiger partial charge in [-0.15, -0.1) is 0 Å². The topological polar surface area (TPSA) is 450 Å². The van der Waals surface area contributed by atoms with Crippen molar-refractivity contribution < 1.29 is 131 Å². The van der Waals surface area contributed by atoms with Crippen LogP contribution < -0.4 is 0 Å². The molecule has 1 aromatic carbocycles. The van der Waals surface area contributed by atoms with Crippen LogP contribution in [-0.4, -0.2) is 238 Å². The van der Waals surface area contributed by atoms with Crippen LogP contribution in [0.4, 0.5) is 0 Å². The number of esters is 2. The second-order valence-corrected chi connectivity index (χ2v) is 31.3. The van der Waals surface area contributed by atoms with Gasteiger partial charge < -0.3 is 94.4 Å². The highest BCUT2D eigenvalue weighted by Gasteiger charge is 2.59. The zero-order valence-electron chi connectivity index (χ0n) is 59.8. The van der Waals surface area contributed by atoms with Gasteiger partial charge in [-0.1, -0.05) is 86.8 Å². The van der Waals surface area contributed by atoms with E-state index < -0.39 is 228 Å². The predicted molar refractivity (Wildman–Crippen MR) is 360 cm³/mol. The Bertz CT molecular complexity index is 3030. The summed E-state index contributed by atoms with van der Waals surface area (Å²) in [7, 11) is -3.73. The van der Waals surface area contributed by atoms with Gasteiger partial charge in [0.05, 0.1) is 85.3 Å². The van der Waals surface area contributed by atoms with Gasteiger partial charge in [0, 0.05) is 65.9 Å². The first-order valence-electron chi connectivity index (χ1n) is 35.6. The molecule has 28 heteroatoms. The first-order chi connectivity index (χ1) is 46.7. The van der Waals surface area contributed by atoms with Crippen LogP contribution in [0.25, 0.3) is 0 Å². The average Bonchev–Trinajstić information content (AvgIpc) is 0.796. The molecule has 0 amide bonds. The summed E-state index contributed by atoms with van der Waals surface area (Å²) >= 11 is 0. The maximum atomic E-state index is 13.9. The molecule has 13 N–H and O–H groups in total. The van der Waals surface area contributed by atoms with Crippen molar-refractivity contribution >= 4 is 39.4 Å². The number of carbonyl (C=O) groups is 5. The van der Waals surface area contributed by atoms with Crippen LogP contribution in [0.3, 0.4) is 0 Å². The molecule has 6 rings (SSSR count). The van der Waals surface area contributed by atoms with Crippen LogP contribution in [0.1, 0.15) is 205 Å². The third-order valence-corrected chi connectivity index (χ3v) is 22.8. The van der Waals surface area contributed by atoms with Gasteiger partial charge in [0.2, 0.25) is 5.78 Å². The Kier molecular flexibility index (Phi) is 31.6. The zero-order chi connectivity index (χ0) is 74.7. The molecule has 0 spiro atoms. The molecule has 3 fully saturated rings. The van der Waals surface area contributed by atoms with Crippen LogP contribution in [0.2, 0.25) is 0 Å². The van der Waals surface area contributed by atoms with Gasteiger partial charge in [-0.05, 0) is 127 Å². The van der Waals surface area contributed by atoms with Gasteiger partial charge in [-0.2, -0.15) is 8.42 Å². The van der Waals surface area contributed by atoms with E-state index in [0.29, 0.717) is 25.7 Å². The molecule has 0 saturated carbocycles. The highest BCUT2D eigenvalue weighted by Crippen LogP contribution is 2.42. The second-order valence-electron chi connectivity index (χ2n) is 29.6. The van der Waals surface area contributed by atoms with Crippen LogP contribution in [0.5, 0.6) is 0 Å². The van der Waals surface area contributed by atoms with Crippen molar-refractivity contribution in [3.05, 3.63) is 58.7 Å². The molecule has 0 aromatic heterocycles. The Morgan fingerprint density at radius 1 is 0.730 bits per heavy atom. The number of aliphatic hydroxyl groups is 12. The Balaban J connectivity index is 1.13. The number of ether oxygens (including phenoxy) is 7. The van der Waals surface area contributed by atoms with Crippen molar-refractivity contribution in [3.8, 4) is 0 Å². The van der Waals surface area contributed by atoms with E-state index in [4.69, 9.17) is 33.2 Å². The SMILES string of the molecule is CC[C@H](O[C@H]1C[C@@H](OC(=O)[C@H](C)[C@H](O)c2ccc3c(c2)C(=O)C=C(C)C3=O)[C@H](OC)[C@@H](C)O1)[C@H](C)[C@H](O)[C@@H](C)[C@H](O)[C@H](C)[C@H]1OC(=O)C=C[C@H](C)[C@H](O)C[C@H](O)CCC[C@@H](C)CC[C@@H](C)[C@H](O)C(=O)[C@]2(O)O[C@H](C[C@H](O)C[C@@H](O)C[C@@H](O)CCC[C@H](O)[C@@H]3O[C@H]3[C@@H]1C)C[C@H](S(=O)(=O)O)[C@H]2O. The van der Waals surface area contributed by atoms with Gasteiger partial charge in [0.15, 0.2) is 17.9 Å². The Morgan fingerprint density at radius 2 is 1.36 bits per heavy atom. The zero-order valence-corrected chi connectivity index (χ0v) is 60.6. The smallest absolute Gasteiger partial charge is 0.330 e. The second kappa shape index (κ2) is 37.2. The molecule has 4 aliphatic heterocycles. The van der Waals surface area contributed by atoms with E-state index in [0.717, 1.165) is 6.08 Å². The number of cyclic esters (lactones) is 1. The first kappa shape index (κ1) is 84.8. The number of rotatable bonds is 15. The lowest BCUT2D eigenvalue weighted by Gasteiger charge is -2.44. The normalized spacial score (nSPS) is 38.2. The van der Waals surface area contributed by atoms with Gasteiger partial charge in [0.1, 0.15) is 41.9 Å². The number of benzene rings is 1.